The molecular weight excluding hydrogens is 212 g/mol. The molecule has 1 aromatic heterocycles. The van der Waals surface area contributed by atoms with Gasteiger partial charge >= 0.3 is 0 Å². The predicted octanol–water partition coefficient (Wildman–Crippen LogP) is 1.80. The minimum absolute atomic E-state index is 0.207. The lowest BCUT2D eigenvalue weighted by atomic mass is 10.3. The molecule has 1 aromatic rings. The quantitative estimate of drug-likeness (QED) is 0.826. The topological polar surface area (TPSA) is 38.9 Å². The summed E-state index contributed by atoms with van der Waals surface area (Å²) in [5.41, 5.74) is 5.59. The molecule has 0 aliphatic heterocycles. The van der Waals surface area contributed by atoms with Crippen LogP contribution in [-0.4, -0.2) is 11.0 Å². The molecule has 0 unspecified atom stereocenters. The van der Waals surface area contributed by atoms with Crippen LogP contribution in [0.5, 0.6) is 0 Å². The molecule has 0 spiro atoms. The first-order valence-electron chi connectivity index (χ1n) is 3.04. The number of nitrogens with two attached hydrogens (primary N) is 1. The number of aromatic nitrogens is 1. The third-order valence-corrected chi connectivity index (χ3v) is 2.52. The van der Waals surface area contributed by atoms with Gasteiger partial charge in [0.1, 0.15) is 0 Å². The number of hydrogen-bond donors (Lipinski definition) is 1. The van der Waals surface area contributed by atoms with Gasteiger partial charge in [0.15, 0.2) is 0 Å². The average Bonchev–Trinajstić information content (AvgIpc) is 2.13. The molecule has 56 valence electrons. The first-order valence-corrected chi connectivity index (χ1v) is 4.65. The molecule has 1 atom stereocenters. The van der Waals surface area contributed by atoms with Crippen molar-refractivity contribution in [2.75, 3.05) is 0 Å². The molecule has 0 bridgehead atoms. The minimum atomic E-state index is 0.207. The zero-order valence-electron chi connectivity index (χ0n) is 5.67. The molecule has 0 radical (unpaired) electrons. The Morgan fingerprint density at radius 3 is 3.00 bits per heavy atom. The Kier molecular flexibility index (Phi) is 2.82. The van der Waals surface area contributed by atoms with Crippen LogP contribution in [0, 0.1) is 0 Å². The van der Waals surface area contributed by atoms with Crippen molar-refractivity contribution in [3.63, 3.8) is 0 Å². The number of halogens is 1. The van der Waals surface area contributed by atoms with Gasteiger partial charge in [0.25, 0.3) is 0 Å². The van der Waals surface area contributed by atoms with Crippen molar-refractivity contribution in [2.45, 2.75) is 19.4 Å². The largest absolute Gasteiger partial charge is 0.328 e. The zero-order chi connectivity index (χ0) is 7.56. The Morgan fingerprint density at radius 1 is 1.90 bits per heavy atom. The average molecular weight is 221 g/mol. The normalized spacial score (nSPS) is 13.5. The molecule has 2 N–H and O–H groups in total. The van der Waals surface area contributed by atoms with Crippen molar-refractivity contribution >= 4 is 27.3 Å². The summed E-state index contributed by atoms with van der Waals surface area (Å²) >= 11 is 4.98. The molecule has 0 saturated heterocycles. The van der Waals surface area contributed by atoms with Crippen molar-refractivity contribution in [3.8, 4) is 0 Å². The predicted molar refractivity (Wildman–Crippen MR) is 47.2 cm³/mol. The highest BCUT2D eigenvalue weighted by Crippen LogP contribution is 2.19. The fourth-order valence-corrected chi connectivity index (χ4v) is 2.10. The van der Waals surface area contributed by atoms with E-state index in [0.29, 0.717) is 0 Å². The van der Waals surface area contributed by atoms with Gasteiger partial charge in [0.05, 0.1) is 15.0 Å². The van der Waals surface area contributed by atoms with Crippen LogP contribution in [0.1, 0.15) is 11.9 Å². The van der Waals surface area contributed by atoms with E-state index in [1.165, 1.54) is 0 Å². The van der Waals surface area contributed by atoms with E-state index in [2.05, 4.69) is 20.9 Å². The third-order valence-electron chi connectivity index (χ3n) is 1.02. The maximum Gasteiger partial charge on any atom is 0.0952 e. The maximum atomic E-state index is 5.59. The number of thiazole rings is 1. The SMILES string of the molecule is C[C@@H](N)Cc1ncc(Br)s1. The second-order valence-corrected chi connectivity index (χ2v) is 4.73. The summed E-state index contributed by atoms with van der Waals surface area (Å²) in [5.74, 6) is 0. The Hall–Kier alpha value is 0.0700. The van der Waals surface area contributed by atoms with E-state index in [1.807, 2.05) is 13.1 Å². The molecule has 0 aliphatic carbocycles. The van der Waals surface area contributed by atoms with Crippen molar-refractivity contribution in [3.05, 3.63) is 15.0 Å². The van der Waals surface area contributed by atoms with Crippen LogP contribution in [0.3, 0.4) is 0 Å². The van der Waals surface area contributed by atoms with Crippen LogP contribution in [0.25, 0.3) is 0 Å². The van der Waals surface area contributed by atoms with Gasteiger partial charge in [-0.25, -0.2) is 4.98 Å². The van der Waals surface area contributed by atoms with Gasteiger partial charge in [-0.1, -0.05) is 0 Å². The molecule has 0 fully saturated rings. The highest BCUT2D eigenvalue weighted by atomic mass is 79.9. The molecular formula is C6H9BrN2S. The number of nitrogens with zero attached hydrogens (tertiary/aromatic N) is 1. The highest BCUT2D eigenvalue weighted by Gasteiger charge is 2.01. The first-order chi connectivity index (χ1) is 4.68. The van der Waals surface area contributed by atoms with E-state index in [9.17, 15) is 0 Å². The van der Waals surface area contributed by atoms with Crippen molar-refractivity contribution in [1.29, 1.82) is 0 Å². The van der Waals surface area contributed by atoms with Crippen LogP contribution >= 0.6 is 27.3 Å². The summed E-state index contributed by atoms with van der Waals surface area (Å²) in [6.45, 7) is 1.98. The van der Waals surface area contributed by atoms with E-state index in [-0.39, 0.29) is 6.04 Å². The molecule has 1 heterocycles. The molecule has 1 rings (SSSR count). The van der Waals surface area contributed by atoms with Crippen LogP contribution in [-0.2, 0) is 6.42 Å². The van der Waals surface area contributed by atoms with E-state index < -0.39 is 0 Å². The minimum Gasteiger partial charge on any atom is -0.328 e. The van der Waals surface area contributed by atoms with Crippen LogP contribution < -0.4 is 5.73 Å². The lowest BCUT2D eigenvalue weighted by Crippen LogP contribution is -2.17. The maximum absolute atomic E-state index is 5.59. The smallest absolute Gasteiger partial charge is 0.0952 e. The van der Waals surface area contributed by atoms with Gasteiger partial charge in [-0.05, 0) is 22.9 Å². The molecule has 0 aliphatic rings. The van der Waals surface area contributed by atoms with Gasteiger partial charge in [-0.2, -0.15) is 0 Å². The van der Waals surface area contributed by atoms with Crippen molar-refractivity contribution in [2.24, 2.45) is 5.73 Å². The molecule has 4 heteroatoms. The Morgan fingerprint density at radius 2 is 2.60 bits per heavy atom. The summed E-state index contributed by atoms with van der Waals surface area (Å²) in [7, 11) is 0. The van der Waals surface area contributed by atoms with E-state index in [0.717, 1.165) is 15.2 Å². The molecule has 2 nitrogen and oxygen atoms in total. The fraction of sp³-hybridized carbons (Fsp3) is 0.500. The van der Waals surface area contributed by atoms with Gasteiger partial charge in [0.2, 0.25) is 0 Å². The summed E-state index contributed by atoms with van der Waals surface area (Å²) < 4.78 is 1.07. The standard InChI is InChI=1S/C6H9BrN2S/c1-4(8)2-6-9-3-5(7)10-6/h3-4H,2,8H2,1H3/t4-/m1/s1. The Bertz CT molecular complexity index is 209. The van der Waals surface area contributed by atoms with E-state index in [4.69, 9.17) is 5.73 Å². The summed E-state index contributed by atoms with van der Waals surface area (Å²) in [5, 5.41) is 1.10. The Labute approximate surface area is 72.6 Å². The van der Waals surface area contributed by atoms with Gasteiger partial charge in [-0.3, -0.25) is 0 Å². The molecule has 0 amide bonds. The van der Waals surface area contributed by atoms with E-state index >= 15 is 0 Å². The summed E-state index contributed by atoms with van der Waals surface area (Å²) in [6, 6.07) is 0.207. The lowest BCUT2D eigenvalue weighted by Gasteiger charge is -1.98. The second kappa shape index (κ2) is 3.46. The first kappa shape index (κ1) is 8.17. The van der Waals surface area contributed by atoms with Crippen LogP contribution in [0.15, 0.2) is 9.98 Å². The Balaban J connectivity index is 2.58. The van der Waals surface area contributed by atoms with Crippen molar-refractivity contribution in [1.82, 2.24) is 4.98 Å². The summed E-state index contributed by atoms with van der Waals surface area (Å²) in [4.78, 5) is 4.15. The molecule has 0 aromatic carbocycles. The highest BCUT2D eigenvalue weighted by molar-refractivity contribution is 9.11. The monoisotopic (exact) mass is 220 g/mol. The van der Waals surface area contributed by atoms with Crippen LogP contribution in [0.2, 0.25) is 0 Å². The number of hydrogen-bond acceptors (Lipinski definition) is 3. The summed E-state index contributed by atoms with van der Waals surface area (Å²) in [6.07, 6.45) is 2.68. The van der Waals surface area contributed by atoms with Gasteiger partial charge < -0.3 is 5.73 Å². The van der Waals surface area contributed by atoms with Crippen molar-refractivity contribution < 1.29 is 0 Å². The number of rotatable bonds is 2. The molecule has 10 heavy (non-hydrogen) atoms. The van der Waals surface area contributed by atoms with Gasteiger partial charge in [0, 0.05) is 12.5 Å². The van der Waals surface area contributed by atoms with Gasteiger partial charge in [-0.15, -0.1) is 11.3 Å². The lowest BCUT2D eigenvalue weighted by molar-refractivity contribution is 0.734. The fourth-order valence-electron chi connectivity index (χ4n) is 0.658. The second-order valence-electron chi connectivity index (χ2n) is 2.24. The van der Waals surface area contributed by atoms with Crippen LogP contribution in [0.4, 0.5) is 0 Å². The van der Waals surface area contributed by atoms with E-state index in [1.54, 1.807) is 11.3 Å². The third kappa shape index (κ3) is 2.36. The molecule has 0 saturated carbocycles. The zero-order valence-corrected chi connectivity index (χ0v) is 8.08.